The van der Waals surface area contributed by atoms with Crippen molar-refractivity contribution in [2.75, 3.05) is 26.7 Å². The van der Waals surface area contributed by atoms with E-state index in [4.69, 9.17) is 4.74 Å². The van der Waals surface area contributed by atoms with Crippen LogP contribution < -0.4 is 10.1 Å². The van der Waals surface area contributed by atoms with Crippen LogP contribution in [0.5, 0.6) is 5.88 Å². The zero-order valence-electron chi connectivity index (χ0n) is 11.1. The number of aromatic nitrogens is 1. The first-order chi connectivity index (χ1) is 8.78. The van der Waals surface area contributed by atoms with Gasteiger partial charge in [0.05, 0.1) is 12.8 Å². The van der Waals surface area contributed by atoms with Crippen molar-refractivity contribution in [3.8, 4) is 5.88 Å². The van der Waals surface area contributed by atoms with Crippen LogP contribution in [0.1, 0.15) is 12.6 Å². The second-order valence-electron chi connectivity index (χ2n) is 5.42. The Bertz CT molecular complexity index is 423. The fourth-order valence-corrected chi connectivity index (χ4v) is 3.33. The smallest absolute Gasteiger partial charge is 0.213 e. The van der Waals surface area contributed by atoms with Crippen LogP contribution in [0.2, 0.25) is 0 Å². The van der Waals surface area contributed by atoms with Gasteiger partial charge in [-0.2, -0.15) is 0 Å². The number of ether oxygens (including phenoxy) is 1. The lowest BCUT2D eigenvalue weighted by Gasteiger charge is -2.23. The highest BCUT2D eigenvalue weighted by Crippen LogP contribution is 2.33. The van der Waals surface area contributed by atoms with Crippen LogP contribution in [-0.2, 0) is 6.54 Å². The van der Waals surface area contributed by atoms with Gasteiger partial charge in [0.25, 0.3) is 0 Å². The summed E-state index contributed by atoms with van der Waals surface area (Å²) in [4.78, 5) is 7.06. The second-order valence-corrected chi connectivity index (χ2v) is 5.42. The quantitative estimate of drug-likeness (QED) is 0.869. The Hall–Kier alpha value is -1.13. The van der Waals surface area contributed by atoms with Gasteiger partial charge in [0.1, 0.15) is 0 Å². The Morgan fingerprint density at radius 3 is 3.11 bits per heavy atom. The molecule has 0 aromatic carbocycles. The van der Waals surface area contributed by atoms with Gasteiger partial charge in [0, 0.05) is 25.2 Å². The van der Waals surface area contributed by atoms with Crippen molar-refractivity contribution in [1.29, 1.82) is 0 Å². The first kappa shape index (κ1) is 11.9. The van der Waals surface area contributed by atoms with Crippen LogP contribution >= 0.6 is 0 Å². The lowest BCUT2D eigenvalue weighted by Crippen LogP contribution is -2.33. The number of nitrogens with one attached hydrogen (secondary N) is 1. The molecule has 0 saturated carbocycles. The minimum atomic E-state index is 0.651. The first-order valence-corrected chi connectivity index (χ1v) is 6.72. The number of hydrogen-bond donors (Lipinski definition) is 1. The summed E-state index contributed by atoms with van der Waals surface area (Å²) in [6.45, 7) is 6.83. The van der Waals surface area contributed by atoms with Gasteiger partial charge >= 0.3 is 0 Å². The topological polar surface area (TPSA) is 37.4 Å². The molecule has 1 aromatic rings. The maximum absolute atomic E-state index is 5.18. The molecule has 4 nitrogen and oxygen atoms in total. The molecule has 0 spiro atoms. The van der Waals surface area contributed by atoms with Crippen LogP contribution in [0.25, 0.3) is 0 Å². The highest BCUT2D eigenvalue weighted by Gasteiger charge is 2.41. The molecule has 2 fully saturated rings. The van der Waals surface area contributed by atoms with Crippen LogP contribution in [0, 0.1) is 11.8 Å². The standard InChI is InChI=1S/C14H21N3O/c1-10-13-7-15-6-11(13)8-17(10)9-12-4-3-5-14(16-12)18-2/h3-5,10-11,13,15H,6-9H2,1-2H3. The zero-order chi connectivity index (χ0) is 12.5. The largest absolute Gasteiger partial charge is 0.481 e. The molecule has 1 N–H and O–H groups in total. The SMILES string of the molecule is COc1cccc(CN2CC3CNCC3C2C)n1. The number of rotatable bonds is 3. The van der Waals surface area contributed by atoms with Crippen molar-refractivity contribution in [3.63, 3.8) is 0 Å². The Kier molecular flexibility index (Phi) is 3.22. The molecule has 3 atom stereocenters. The molecular weight excluding hydrogens is 226 g/mol. The summed E-state index contributed by atoms with van der Waals surface area (Å²) in [5.41, 5.74) is 1.11. The summed E-state index contributed by atoms with van der Waals surface area (Å²) in [7, 11) is 1.67. The van der Waals surface area contributed by atoms with Gasteiger partial charge in [-0.3, -0.25) is 4.90 Å². The predicted octanol–water partition coefficient (Wildman–Crippen LogP) is 1.13. The molecule has 3 unspecified atom stereocenters. The zero-order valence-corrected chi connectivity index (χ0v) is 11.1. The highest BCUT2D eigenvalue weighted by molar-refractivity contribution is 5.16. The molecule has 2 saturated heterocycles. The van der Waals surface area contributed by atoms with Crippen molar-refractivity contribution in [3.05, 3.63) is 23.9 Å². The maximum atomic E-state index is 5.18. The molecule has 0 aliphatic carbocycles. The minimum Gasteiger partial charge on any atom is -0.481 e. The van der Waals surface area contributed by atoms with Crippen LogP contribution in [-0.4, -0.2) is 42.7 Å². The van der Waals surface area contributed by atoms with E-state index in [0.717, 1.165) is 24.1 Å². The van der Waals surface area contributed by atoms with E-state index >= 15 is 0 Å². The Balaban J connectivity index is 1.69. The van der Waals surface area contributed by atoms with Gasteiger partial charge in [0.2, 0.25) is 5.88 Å². The van der Waals surface area contributed by atoms with E-state index in [9.17, 15) is 0 Å². The average molecular weight is 247 g/mol. The van der Waals surface area contributed by atoms with Gasteiger partial charge in [-0.1, -0.05) is 6.07 Å². The van der Waals surface area contributed by atoms with Gasteiger partial charge < -0.3 is 10.1 Å². The van der Waals surface area contributed by atoms with E-state index < -0.39 is 0 Å². The van der Waals surface area contributed by atoms with E-state index in [1.165, 1.54) is 19.6 Å². The third kappa shape index (κ3) is 2.10. The van der Waals surface area contributed by atoms with E-state index in [1.807, 2.05) is 12.1 Å². The van der Waals surface area contributed by atoms with Gasteiger partial charge in [0.15, 0.2) is 0 Å². The lowest BCUT2D eigenvalue weighted by atomic mass is 9.95. The first-order valence-electron chi connectivity index (χ1n) is 6.72. The average Bonchev–Trinajstić information content (AvgIpc) is 2.95. The summed E-state index contributed by atoms with van der Waals surface area (Å²) in [6, 6.07) is 6.65. The molecule has 3 rings (SSSR count). The Morgan fingerprint density at radius 2 is 2.33 bits per heavy atom. The van der Waals surface area contributed by atoms with Gasteiger partial charge in [-0.25, -0.2) is 4.98 Å². The molecule has 98 valence electrons. The van der Waals surface area contributed by atoms with Crippen molar-refractivity contribution in [2.45, 2.75) is 19.5 Å². The van der Waals surface area contributed by atoms with E-state index in [0.29, 0.717) is 11.9 Å². The summed E-state index contributed by atoms with van der Waals surface area (Å²) in [5.74, 6) is 2.35. The number of likely N-dealkylation sites (tertiary alicyclic amines) is 1. The summed E-state index contributed by atoms with van der Waals surface area (Å²) in [5, 5.41) is 3.50. The van der Waals surface area contributed by atoms with E-state index in [-0.39, 0.29) is 0 Å². The molecule has 0 amide bonds. The maximum Gasteiger partial charge on any atom is 0.213 e. The number of fused-ring (bicyclic) bond motifs is 1. The molecule has 2 aliphatic rings. The molecule has 0 radical (unpaired) electrons. The highest BCUT2D eigenvalue weighted by atomic mass is 16.5. The molecule has 4 heteroatoms. The summed E-state index contributed by atoms with van der Waals surface area (Å²) in [6.07, 6.45) is 0. The fraction of sp³-hybridized carbons (Fsp3) is 0.643. The summed E-state index contributed by atoms with van der Waals surface area (Å²) < 4.78 is 5.18. The van der Waals surface area contributed by atoms with Crippen LogP contribution in [0.3, 0.4) is 0 Å². The lowest BCUT2D eigenvalue weighted by molar-refractivity contribution is 0.228. The Morgan fingerprint density at radius 1 is 1.44 bits per heavy atom. The Labute approximate surface area is 108 Å². The molecule has 1 aromatic heterocycles. The number of nitrogens with zero attached hydrogens (tertiary/aromatic N) is 2. The van der Waals surface area contributed by atoms with Gasteiger partial charge in [-0.05, 0) is 37.9 Å². The normalized spacial score (nSPS) is 31.6. The van der Waals surface area contributed by atoms with Crippen molar-refractivity contribution >= 4 is 0 Å². The molecule has 2 aliphatic heterocycles. The minimum absolute atomic E-state index is 0.651. The monoisotopic (exact) mass is 247 g/mol. The third-order valence-corrected chi connectivity index (χ3v) is 4.41. The van der Waals surface area contributed by atoms with Gasteiger partial charge in [-0.15, -0.1) is 0 Å². The fourth-order valence-electron chi connectivity index (χ4n) is 3.33. The molecule has 0 bridgehead atoms. The van der Waals surface area contributed by atoms with E-state index in [1.54, 1.807) is 7.11 Å². The van der Waals surface area contributed by atoms with Crippen molar-refractivity contribution in [1.82, 2.24) is 15.2 Å². The number of hydrogen-bond acceptors (Lipinski definition) is 4. The van der Waals surface area contributed by atoms with Crippen LogP contribution in [0.4, 0.5) is 0 Å². The second kappa shape index (κ2) is 4.86. The predicted molar refractivity (Wildman–Crippen MR) is 70.5 cm³/mol. The third-order valence-electron chi connectivity index (χ3n) is 4.41. The van der Waals surface area contributed by atoms with E-state index in [2.05, 4.69) is 28.2 Å². The summed E-state index contributed by atoms with van der Waals surface area (Å²) >= 11 is 0. The van der Waals surface area contributed by atoms with Crippen molar-refractivity contribution < 1.29 is 4.74 Å². The van der Waals surface area contributed by atoms with Crippen LogP contribution in [0.15, 0.2) is 18.2 Å². The molecule has 3 heterocycles. The number of methoxy groups -OCH3 is 1. The molecular formula is C14H21N3O. The molecule has 18 heavy (non-hydrogen) atoms. The van der Waals surface area contributed by atoms with Crippen molar-refractivity contribution in [2.24, 2.45) is 11.8 Å². The number of pyridine rings is 1.